The lowest BCUT2D eigenvalue weighted by molar-refractivity contribution is 0.0947. The zero-order chi connectivity index (χ0) is 14.6. The summed E-state index contributed by atoms with van der Waals surface area (Å²) >= 11 is 0. The van der Waals surface area contributed by atoms with Crippen molar-refractivity contribution >= 4 is 5.91 Å². The van der Waals surface area contributed by atoms with Crippen molar-refractivity contribution in [2.24, 2.45) is 0 Å². The van der Waals surface area contributed by atoms with Gasteiger partial charge in [0.15, 0.2) is 0 Å². The number of nitrogens with one attached hydrogen (secondary N) is 2. The van der Waals surface area contributed by atoms with Gasteiger partial charge in [0.2, 0.25) is 0 Å². The van der Waals surface area contributed by atoms with Crippen LogP contribution in [0.1, 0.15) is 56.0 Å². The summed E-state index contributed by atoms with van der Waals surface area (Å²) in [6.45, 7) is 8.28. The molecule has 1 atom stereocenters. The number of rotatable bonds is 3. The number of carbonyl (C=O) groups excluding carboxylic acids is 1. The van der Waals surface area contributed by atoms with Gasteiger partial charge in [0.05, 0.1) is 0 Å². The molecular weight excluding hydrogens is 248 g/mol. The van der Waals surface area contributed by atoms with Crippen LogP contribution < -0.4 is 10.6 Å². The zero-order valence-electron chi connectivity index (χ0n) is 12.8. The molecule has 0 aliphatic carbocycles. The van der Waals surface area contributed by atoms with Crippen LogP contribution in [0.15, 0.2) is 24.3 Å². The van der Waals surface area contributed by atoms with Crippen LogP contribution in [0.2, 0.25) is 0 Å². The van der Waals surface area contributed by atoms with E-state index in [0.29, 0.717) is 6.04 Å². The average molecular weight is 274 g/mol. The lowest BCUT2D eigenvalue weighted by Gasteiger charge is -2.24. The predicted octanol–water partition coefficient (Wildman–Crippen LogP) is 2.86. The SMILES string of the molecule is CC(C)(C)c1cccc(C(=O)NCC2CCCCN2)c1. The van der Waals surface area contributed by atoms with Gasteiger partial charge in [-0.05, 0) is 42.5 Å². The summed E-state index contributed by atoms with van der Waals surface area (Å²) in [7, 11) is 0. The van der Waals surface area contributed by atoms with E-state index in [4.69, 9.17) is 0 Å². The van der Waals surface area contributed by atoms with E-state index in [1.807, 2.05) is 18.2 Å². The lowest BCUT2D eigenvalue weighted by Crippen LogP contribution is -2.43. The highest BCUT2D eigenvalue weighted by molar-refractivity contribution is 5.94. The third-order valence-corrected chi connectivity index (χ3v) is 3.91. The van der Waals surface area contributed by atoms with Crippen molar-refractivity contribution in [2.45, 2.75) is 51.5 Å². The van der Waals surface area contributed by atoms with Crippen LogP contribution in [0, 0.1) is 0 Å². The van der Waals surface area contributed by atoms with Gasteiger partial charge in [-0.15, -0.1) is 0 Å². The van der Waals surface area contributed by atoms with Crippen molar-refractivity contribution in [3.63, 3.8) is 0 Å². The first-order chi connectivity index (χ1) is 9.47. The van der Waals surface area contributed by atoms with Gasteiger partial charge in [-0.1, -0.05) is 39.3 Å². The van der Waals surface area contributed by atoms with E-state index in [0.717, 1.165) is 25.1 Å². The smallest absolute Gasteiger partial charge is 0.251 e. The summed E-state index contributed by atoms with van der Waals surface area (Å²) in [4.78, 5) is 12.2. The van der Waals surface area contributed by atoms with E-state index in [1.54, 1.807) is 0 Å². The molecule has 0 bridgehead atoms. The molecule has 20 heavy (non-hydrogen) atoms. The molecule has 1 aromatic carbocycles. The monoisotopic (exact) mass is 274 g/mol. The number of benzene rings is 1. The number of hydrogen-bond acceptors (Lipinski definition) is 2. The molecule has 2 N–H and O–H groups in total. The van der Waals surface area contributed by atoms with Crippen molar-refractivity contribution in [1.82, 2.24) is 10.6 Å². The molecule has 3 nitrogen and oxygen atoms in total. The highest BCUT2D eigenvalue weighted by Gasteiger charge is 2.17. The Balaban J connectivity index is 1.95. The van der Waals surface area contributed by atoms with Gasteiger partial charge in [0.25, 0.3) is 5.91 Å². The van der Waals surface area contributed by atoms with Crippen LogP contribution in [0.4, 0.5) is 0 Å². The van der Waals surface area contributed by atoms with E-state index < -0.39 is 0 Å². The molecule has 1 heterocycles. The fourth-order valence-electron chi connectivity index (χ4n) is 2.54. The first-order valence-corrected chi connectivity index (χ1v) is 7.59. The number of hydrogen-bond donors (Lipinski definition) is 2. The Kier molecular flexibility index (Phi) is 4.81. The van der Waals surface area contributed by atoms with Gasteiger partial charge >= 0.3 is 0 Å². The molecule has 110 valence electrons. The molecule has 2 rings (SSSR count). The Morgan fingerprint density at radius 1 is 1.35 bits per heavy atom. The molecule has 3 heteroatoms. The largest absolute Gasteiger partial charge is 0.350 e. The van der Waals surface area contributed by atoms with Gasteiger partial charge < -0.3 is 10.6 Å². The number of amides is 1. The Hall–Kier alpha value is -1.35. The van der Waals surface area contributed by atoms with Gasteiger partial charge in [-0.25, -0.2) is 0 Å². The molecule has 0 saturated carbocycles. The Morgan fingerprint density at radius 3 is 2.80 bits per heavy atom. The molecule has 1 fully saturated rings. The zero-order valence-corrected chi connectivity index (χ0v) is 12.8. The van der Waals surface area contributed by atoms with Gasteiger partial charge in [0, 0.05) is 18.2 Å². The first kappa shape index (κ1) is 15.0. The van der Waals surface area contributed by atoms with Gasteiger partial charge in [-0.3, -0.25) is 4.79 Å². The topological polar surface area (TPSA) is 41.1 Å². The fourth-order valence-corrected chi connectivity index (χ4v) is 2.54. The van der Waals surface area contributed by atoms with Crippen molar-refractivity contribution < 1.29 is 4.79 Å². The molecular formula is C17H26N2O. The van der Waals surface area contributed by atoms with Crippen LogP contribution in [0.25, 0.3) is 0 Å². The maximum Gasteiger partial charge on any atom is 0.251 e. The van der Waals surface area contributed by atoms with Crippen molar-refractivity contribution in [3.05, 3.63) is 35.4 Å². The normalized spacial score (nSPS) is 19.6. The minimum atomic E-state index is 0.0310. The first-order valence-electron chi connectivity index (χ1n) is 7.59. The second kappa shape index (κ2) is 6.40. The third-order valence-electron chi connectivity index (χ3n) is 3.91. The van der Waals surface area contributed by atoms with E-state index in [-0.39, 0.29) is 11.3 Å². The van der Waals surface area contributed by atoms with Crippen LogP contribution >= 0.6 is 0 Å². The standard InChI is InChI=1S/C17H26N2O/c1-17(2,3)14-8-6-7-13(11-14)16(20)19-12-15-9-4-5-10-18-15/h6-8,11,15,18H,4-5,9-10,12H2,1-3H3,(H,19,20). The summed E-state index contributed by atoms with van der Waals surface area (Å²) in [6.07, 6.45) is 3.66. The summed E-state index contributed by atoms with van der Waals surface area (Å²) in [5.41, 5.74) is 2.02. The summed E-state index contributed by atoms with van der Waals surface area (Å²) in [5.74, 6) is 0.0310. The van der Waals surface area contributed by atoms with Gasteiger partial charge in [-0.2, -0.15) is 0 Å². The molecule has 0 radical (unpaired) electrons. The third kappa shape index (κ3) is 4.07. The second-order valence-electron chi connectivity index (χ2n) is 6.69. The summed E-state index contributed by atoms with van der Waals surface area (Å²) in [5, 5.41) is 6.49. The highest BCUT2D eigenvalue weighted by Crippen LogP contribution is 2.22. The summed E-state index contributed by atoms with van der Waals surface area (Å²) in [6, 6.07) is 8.37. The van der Waals surface area contributed by atoms with Crippen molar-refractivity contribution in [2.75, 3.05) is 13.1 Å². The fraction of sp³-hybridized carbons (Fsp3) is 0.588. The van der Waals surface area contributed by atoms with Crippen LogP contribution in [0.3, 0.4) is 0 Å². The lowest BCUT2D eigenvalue weighted by atomic mass is 9.86. The molecule has 1 aliphatic rings. The second-order valence-corrected chi connectivity index (χ2v) is 6.69. The minimum absolute atomic E-state index is 0.0310. The molecule has 0 spiro atoms. The Bertz CT molecular complexity index is 456. The van der Waals surface area contributed by atoms with Crippen LogP contribution in [0.5, 0.6) is 0 Å². The Morgan fingerprint density at radius 2 is 2.15 bits per heavy atom. The number of carbonyl (C=O) groups is 1. The van der Waals surface area contributed by atoms with Crippen molar-refractivity contribution in [1.29, 1.82) is 0 Å². The molecule has 1 aromatic rings. The van der Waals surface area contributed by atoms with Crippen molar-refractivity contribution in [3.8, 4) is 0 Å². The van der Waals surface area contributed by atoms with Crippen LogP contribution in [-0.2, 0) is 5.41 Å². The molecule has 1 aliphatic heterocycles. The quantitative estimate of drug-likeness (QED) is 0.890. The maximum atomic E-state index is 12.2. The molecule has 0 aromatic heterocycles. The average Bonchev–Trinajstić information content (AvgIpc) is 2.45. The molecule has 1 amide bonds. The van der Waals surface area contributed by atoms with E-state index in [9.17, 15) is 4.79 Å². The molecule has 1 saturated heterocycles. The Labute approximate surface area is 122 Å². The highest BCUT2D eigenvalue weighted by atomic mass is 16.1. The minimum Gasteiger partial charge on any atom is -0.350 e. The van der Waals surface area contributed by atoms with Gasteiger partial charge in [0.1, 0.15) is 0 Å². The maximum absolute atomic E-state index is 12.2. The predicted molar refractivity (Wildman–Crippen MR) is 83.1 cm³/mol. The van der Waals surface area contributed by atoms with Crippen LogP contribution in [-0.4, -0.2) is 25.0 Å². The van der Waals surface area contributed by atoms with E-state index in [2.05, 4.69) is 37.5 Å². The van der Waals surface area contributed by atoms with E-state index in [1.165, 1.54) is 18.4 Å². The summed E-state index contributed by atoms with van der Waals surface area (Å²) < 4.78 is 0. The number of piperidine rings is 1. The van der Waals surface area contributed by atoms with E-state index >= 15 is 0 Å². The molecule has 1 unspecified atom stereocenters.